The van der Waals surface area contributed by atoms with Gasteiger partial charge >= 0.3 is 5.97 Å². The number of hydrogen-bond donors (Lipinski definition) is 0. The molecule has 1 saturated carbocycles. The second kappa shape index (κ2) is 5.34. The first-order valence-electron chi connectivity index (χ1n) is 7.40. The van der Waals surface area contributed by atoms with Crippen molar-refractivity contribution in [1.82, 2.24) is 0 Å². The van der Waals surface area contributed by atoms with Crippen molar-refractivity contribution >= 4 is 11.8 Å². The van der Waals surface area contributed by atoms with Gasteiger partial charge < -0.3 is 4.74 Å². The van der Waals surface area contributed by atoms with E-state index < -0.39 is 0 Å². The number of fused-ring (bicyclic) bond motifs is 2. The summed E-state index contributed by atoms with van der Waals surface area (Å²) >= 11 is 0. The summed E-state index contributed by atoms with van der Waals surface area (Å²) in [6, 6.07) is 0. The molecular weight excluding hydrogens is 252 g/mol. The lowest BCUT2D eigenvalue weighted by atomic mass is 9.60. The van der Waals surface area contributed by atoms with Crippen molar-refractivity contribution in [3.63, 3.8) is 0 Å². The van der Waals surface area contributed by atoms with E-state index in [9.17, 15) is 9.59 Å². The predicted octanol–water partition coefficient (Wildman–Crippen LogP) is 3.38. The first kappa shape index (κ1) is 15.3. The molecule has 2 fully saturated rings. The highest BCUT2D eigenvalue weighted by Gasteiger charge is 2.53. The van der Waals surface area contributed by atoms with E-state index >= 15 is 0 Å². The molecule has 0 aromatic heterocycles. The number of allylic oxidation sites excluding steroid dienone is 1. The standard InChI is InChI=1S/C16H22O3.CH4/c1-8-4-5-12-11(6-8)7-13-15(14(12)9(2)17)10(3)19-16(13)18;/h7-8,10,12-15H,4-6H2,1-3H3;1H4/t8?,10-,12-,13-,14+,15-;/m1./s1. The van der Waals surface area contributed by atoms with Crippen LogP contribution in [0.4, 0.5) is 0 Å². The first-order chi connectivity index (χ1) is 8.99. The zero-order valence-electron chi connectivity index (χ0n) is 11.9. The number of rotatable bonds is 1. The van der Waals surface area contributed by atoms with Gasteiger partial charge in [0.2, 0.25) is 0 Å². The molecule has 0 aromatic rings. The van der Waals surface area contributed by atoms with E-state index in [2.05, 4.69) is 13.0 Å². The van der Waals surface area contributed by atoms with E-state index in [1.807, 2.05) is 6.92 Å². The molecule has 3 aliphatic rings. The smallest absolute Gasteiger partial charge is 0.313 e. The Labute approximate surface area is 121 Å². The van der Waals surface area contributed by atoms with Crippen molar-refractivity contribution in [3.05, 3.63) is 11.6 Å². The maximum absolute atomic E-state index is 12.1. The maximum atomic E-state index is 12.1. The highest BCUT2D eigenvalue weighted by Crippen LogP contribution is 2.50. The Morgan fingerprint density at radius 2 is 2.00 bits per heavy atom. The van der Waals surface area contributed by atoms with Crippen LogP contribution in [0, 0.1) is 29.6 Å². The Balaban J connectivity index is 0.00000147. The second-order valence-corrected chi connectivity index (χ2v) is 6.62. The van der Waals surface area contributed by atoms with Crippen LogP contribution in [0.5, 0.6) is 0 Å². The molecule has 0 aromatic carbocycles. The summed E-state index contributed by atoms with van der Waals surface area (Å²) in [5.74, 6) is 0.984. The number of hydrogen-bond acceptors (Lipinski definition) is 3. The van der Waals surface area contributed by atoms with Gasteiger partial charge in [-0.3, -0.25) is 9.59 Å². The van der Waals surface area contributed by atoms with Gasteiger partial charge in [0.15, 0.2) is 0 Å². The largest absolute Gasteiger partial charge is 0.462 e. The second-order valence-electron chi connectivity index (χ2n) is 6.62. The van der Waals surface area contributed by atoms with E-state index in [1.165, 1.54) is 12.0 Å². The third kappa shape index (κ3) is 2.21. The van der Waals surface area contributed by atoms with Crippen LogP contribution in [0.15, 0.2) is 11.6 Å². The van der Waals surface area contributed by atoms with Gasteiger partial charge in [0.25, 0.3) is 0 Å². The van der Waals surface area contributed by atoms with E-state index in [0.717, 1.165) is 12.8 Å². The van der Waals surface area contributed by atoms with Crippen LogP contribution in [-0.2, 0) is 14.3 Å². The summed E-state index contributed by atoms with van der Waals surface area (Å²) in [6.45, 7) is 5.86. The Kier molecular flexibility index (Phi) is 4.08. The van der Waals surface area contributed by atoms with Crippen molar-refractivity contribution in [2.24, 2.45) is 29.6 Å². The molecule has 3 nitrogen and oxygen atoms in total. The van der Waals surface area contributed by atoms with Crippen LogP contribution in [0.2, 0.25) is 0 Å². The van der Waals surface area contributed by atoms with Gasteiger partial charge in [-0.1, -0.05) is 26.0 Å². The highest BCUT2D eigenvalue weighted by atomic mass is 16.6. The number of carbonyl (C=O) groups is 2. The third-order valence-electron chi connectivity index (χ3n) is 5.27. The number of ketones is 1. The predicted molar refractivity (Wildman–Crippen MR) is 78.0 cm³/mol. The normalized spacial score (nSPS) is 42.8. The van der Waals surface area contributed by atoms with Crippen molar-refractivity contribution in [3.8, 4) is 0 Å². The van der Waals surface area contributed by atoms with Crippen molar-refractivity contribution in [2.75, 3.05) is 0 Å². The van der Waals surface area contributed by atoms with Crippen molar-refractivity contribution in [1.29, 1.82) is 0 Å². The number of carbonyl (C=O) groups excluding carboxylic acids is 2. The first-order valence-corrected chi connectivity index (χ1v) is 7.40. The van der Waals surface area contributed by atoms with Gasteiger partial charge in [-0.2, -0.15) is 0 Å². The third-order valence-corrected chi connectivity index (χ3v) is 5.27. The minimum atomic E-state index is -0.180. The molecule has 1 saturated heterocycles. The fraction of sp³-hybridized carbons (Fsp3) is 0.765. The Morgan fingerprint density at radius 3 is 2.65 bits per heavy atom. The maximum Gasteiger partial charge on any atom is 0.313 e. The molecule has 0 radical (unpaired) electrons. The molecule has 2 aliphatic carbocycles. The lowest BCUT2D eigenvalue weighted by molar-refractivity contribution is -0.142. The summed E-state index contributed by atoms with van der Waals surface area (Å²) < 4.78 is 5.39. The molecule has 20 heavy (non-hydrogen) atoms. The van der Waals surface area contributed by atoms with Crippen LogP contribution in [-0.4, -0.2) is 17.9 Å². The molecule has 1 heterocycles. The minimum Gasteiger partial charge on any atom is -0.462 e. The molecule has 0 amide bonds. The molecule has 6 atom stereocenters. The van der Waals surface area contributed by atoms with Gasteiger partial charge in [0.05, 0.1) is 5.92 Å². The van der Waals surface area contributed by atoms with Crippen LogP contribution in [0.1, 0.15) is 47.5 Å². The fourth-order valence-electron chi connectivity index (χ4n) is 4.44. The summed E-state index contributed by atoms with van der Waals surface area (Å²) in [7, 11) is 0. The molecule has 0 bridgehead atoms. The fourth-order valence-corrected chi connectivity index (χ4v) is 4.44. The molecule has 3 heteroatoms. The van der Waals surface area contributed by atoms with Gasteiger partial charge in [0.1, 0.15) is 11.9 Å². The molecule has 0 N–H and O–H groups in total. The topological polar surface area (TPSA) is 43.4 Å². The van der Waals surface area contributed by atoms with Crippen LogP contribution < -0.4 is 0 Å². The van der Waals surface area contributed by atoms with E-state index in [-0.39, 0.29) is 43.0 Å². The summed E-state index contributed by atoms with van der Waals surface area (Å²) in [5, 5.41) is 0. The number of ether oxygens (including phenoxy) is 1. The lowest BCUT2D eigenvalue weighted by Gasteiger charge is -2.42. The average molecular weight is 278 g/mol. The average Bonchev–Trinajstić information content (AvgIpc) is 2.61. The Bertz CT molecular complexity index is 451. The monoisotopic (exact) mass is 278 g/mol. The zero-order valence-corrected chi connectivity index (χ0v) is 11.9. The number of Topliss-reactive ketones (excluding diaryl/α,β-unsaturated/α-hetero) is 1. The summed E-state index contributed by atoms with van der Waals surface area (Å²) in [4.78, 5) is 24.1. The van der Waals surface area contributed by atoms with Gasteiger partial charge in [-0.15, -0.1) is 0 Å². The Hall–Kier alpha value is -1.12. The summed E-state index contributed by atoms with van der Waals surface area (Å²) in [6.07, 6.45) is 5.33. The van der Waals surface area contributed by atoms with Gasteiger partial charge in [-0.25, -0.2) is 0 Å². The molecule has 1 aliphatic heterocycles. The molecule has 1 unspecified atom stereocenters. The van der Waals surface area contributed by atoms with Crippen LogP contribution >= 0.6 is 0 Å². The van der Waals surface area contributed by atoms with Crippen molar-refractivity contribution in [2.45, 2.75) is 53.6 Å². The Morgan fingerprint density at radius 1 is 1.30 bits per heavy atom. The molecule has 3 rings (SSSR count). The SMILES string of the molecule is C.CC(=O)[C@@H]1[C@@H]2[C@@H](C)OC(=O)[C@@H]2C=C2CC(C)CC[C@H]21. The van der Waals surface area contributed by atoms with E-state index in [4.69, 9.17) is 4.74 Å². The lowest BCUT2D eigenvalue weighted by Crippen LogP contribution is -2.42. The van der Waals surface area contributed by atoms with E-state index in [1.54, 1.807) is 6.92 Å². The summed E-state index contributed by atoms with van der Waals surface area (Å²) in [5.41, 5.74) is 1.34. The number of cyclic esters (lactones) is 1. The molecular formula is C17H26O3. The number of esters is 1. The van der Waals surface area contributed by atoms with Crippen molar-refractivity contribution < 1.29 is 14.3 Å². The minimum absolute atomic E-state index is 0. The molecule has 0 spiro atoms. The van der Waals surface area contributed by atoms with Gasteiger partial charge in [0, 0.05) is 11.8 Å². The van der Waals surface area contributed by atoms with Crippen LogP contribution in [0.25, 0.3) is 0 Å². The van der Waals surface area contributed by atoms with Crippen LogP contribution in [0.3, 0.4) is 0 Å². The quantitative estimate of drug-likeness (QED) is 0.545. The molecule has 112 valence electrons. The van der Waals surface area contributed by atoms with Gasteiger partial charge in [-0.05, 0) is 44.9 Å². The van der Waals surface area contributed by atoms with E-state index in [0.29, 0.717) is 11.8 Å². The zero-order chi connectivity index (χ0) is 13.7. The highest BCUT2D eigenvalue weighted by molar-refractivity contribution is 5.84.